The third kappa shape index (κ3) is 3.45. The molecule has 0 aliphatic carbocycles. The minimum absolute atomic E-state index is 0.285. The van der Waals surface area contributed by atoms with Crippen LogP contribution in [-0.2, 0) is 14.8 Å². The molecule has 0 fully saturated rings. The van der Waals surface area contributed by atoms with Gasteiger partial charge in [-0.3, -0.25) is 4.79 Å². The van der Waals surface area contributed by atoms with Crippen molar-refractivity contribution in [1.29, 1.82) is 0 Å². The van der Waals surface area contributed by atoms with E-state index in [0.717, 1.165) is 6.07 Å². The van der Waals surface area contributed by atoms with Gasteiger partial charge in [-0.1, -0.05) is 0 Å². The second kappa shape index (κ2) is 5.07. The molecule has 0 heterocycles. The third-order valence-corrected chi connectivity index (χ3v) is 4.03. The molecule has 9 heteroatoms. The predicted molar refractivity (Wildman–Crippen MR) is 58.4 cm³/mol. The van der Waals surface area contributed by atoms with Gasteiger partial charge in [-0.2, -0.15) is 0 Å². The van der Waals surface area contributed by atoms with E-state index in [1.165, 1.54) is 0 Å². The number of hydrogen-bond acceptors (Lipinski definition) is 3. The van der Waals surface area contributed by atoms with Gasteiger partial charge in [-0.25, -0.2) is 21.9 Å². The largest absolute Gasteiger partial charge is 0.369 e. The van der Waals surface area contributed by atoms with Gasteiger partial charge in [-0.05, 0) is 22.0 Å². The minimum atomic E-state index is -4.27. The molecule has 0 radical (unpaired) electrons. The molecule has 3 N–H and O–H groups in total. The van der Waals surface area contributed by atoms with Crippen LogP contribution in [0.4, 0.5) is 8.78 Å². The highest BCUT2D eigenvalue weighted by Crippen LogP contribution is 2.25. The van der Waals surface area contributed by atoms with Crippen molar-refractivity contribution in [3.63, 3.8) is 0 Å². The number of nitrogens with one attached hydrogen (secondary N) is 1. The SMILES string of the molecule is NC(=O)CNS(=O)(=O)c1c(F)cc(F)cc1Br. The molecule has 0 saturated heterocycles. The van der Waals surface area contributed by atoms with E-state index >= 15 is 0 Å². The van der Waals surface area contributed by atoms with E-state index in [1.807, 2.05) is 0 Å². The molecule has 5 nitrogen and oxygen atoms in total. The molecule has 1 rings (SSSR count). The van der Waals surface area contributed by atoms with Crippen molar-refractivity contribution in [3.8, 4) is 0 Å². The Morgan fingerprint density at radius 1 is 1.41 bits per heavy atom. The van der Waals surface area contributed by atoms with Gasteiger partial charge in [0.25, 0.3) is 0 Å². The fourth-order valence-corrected chi connectivity index (χ4v) is 3.18. The molecule has 0 atom stereocenters. The molecule has 94 valence electrons. The zero-order chi connectivity index (χ0) is 13.2. The average Bonchev–Trinajstić information content (AvgIpc) is 2.12. The Kier molecular flexibility index (Phi) is 4.17. The van der Waals surface area contributed by atoms with Gasteiger partial charge in [0.05, 0.1) is 6.54 Å². The van der Waals surface area contributed by atoms with Crippen LogP contribution in [0.15, 0.2) is 21.5 Å². The first-order valence-corrected chi connectivity index (χ1v) is 6.44. The summed E-state index contributed by atoms with van der Waals surface area (Å²) in [6.45, 7) is -0.675. The van der Waals surface area contributed by atoms with E-state index in [2.05, 4.69) is 15.9 Å². The van der Waals surface area contributed by atoms with Crippen LogP contribution in [0, 0.1) is 11.6 Å². The van der Waals surface area contributed by atoms with E-state index in [0.29, 0.717) is 6.07 Å². The molecule has 1 amide bonds. The highest BCUT2D eigenvalue weighted by Gasteiger charge is 2.23. The van der Waals surface area contributed by atoms with Crippen LogP contribution in [0.2, 0.25) is 0 Å². The Morgan fingerprint density at radius 3 is 2.47 bits per heavy atom. The van der Waals surface area contributed by atoms with Crippen molar-refractivity contribution in [2.75, 3.05) is 6.54 Å². The molecule has 0 saturated carbocycles. The Balaban J connectivity index is 3.20. The van der Waals surface area contributed by atoms with Gasteiger partial charge < -0.3 is 5.73 Å². The number of benzene rings is 1. The molecular weight excluding hydrogens is 322 g/mol. The summed E-state index contributed by atoms with van der Waals surface area (Å²) in [5.41, 5.74) is 4.75. The number of halogens is 3. The number of rotatable bonds is 4. The first kappa shape index (κ1) is 14.0. The van der Waals surface area contributed by atoms with Crippen molar-refractivity contribution in [2.24, 2.45) is 5.73 Å². The summed E-state index contributed by atoms with van der Waals surface area (Å²) in [5.74, 6) is -3.12. The Labute approximate surface area is 104 Å². The standard InChI is InChI=1S/C8H7BrF2N2O3S/c9-5-1-4(10)2-6(11)8(5)17(15,16)13-3-7(12)14/h1-2,13H,3H2,(H2,12,14). The average molecular weight is 329 g/mol. The fourth-order valence-electron chi connectivity index (χ4n) is 1.02. The molecule has 0 bridgehead atoms. The highest BCUT2D eigenvalue weighted by atomic mass is 79.9. The second-order valence-corrected chi connectivity index (χ2v) is 5.55. The Morgan fingerprint density at radius 2 is 2.00 bits per heavy atom. The van der Waals surface area contributed by atoms with Gasteiger partial charge in [-0.15, -0.1) is 0 Å². The van der Waals surface area contributed by atoms with Crippen LogP contribution in [0.1, 0.15) is 0 Å². The summed E-state index contributed by atoms with van der Waals surface area (Å²) in [7, 11) is -4.27. The zero-order valence-electron chi connectivity index (χ0n) is 8.21. The Hall–Kier alpha value is -1.06. The molecule has 1 aromatic carbocycles. The summed E-state index contributed by atoms with van der Waals surface area (Å²) < 4.78 is 50.7. The van der Waals surface area contributed by atoms with Gasteiger partial charge in [0.2, 0.25) is 15.9 Å². The Bertz CT molecular complexity index is 539. The first-order valence-electron chi connectivity index (χ1n) is 4.16. The number of sulfonamides is 1. The second-order valence-electron chi connectivity index (χ2n) is 2.99. The molecule has 0 aliphatic heterocycles. The lowest BCUT2D eigenvalue weighted by Gasteiger charge is -2.08. The van der Waals surface area contributed by atoms with E-state index < -0.39 is 39.0 Å². The molecule has 0 unspecified atom stereocenters. The minimum Gasteiger partial charge on any atom is -0.369 e. The molecule has 17 heavy (non-hydrogen) atoms. The third-order valence-electron chi connectivity index (χ3n) is 1.67. The molecule has 0 aliphatic rings. The number of primary amides is 1. The summed E-state index contributed by atoms with van der Waals surface area (Å²) in [5, 5.41) is 0. The van der Waals surface area contributed by atoms with Gasteiger partial charge in [0, 0.05) is 10.5 Å². The summed E-state index contributed by atoms with van der Waals surface area (Å²) in [6, 6.07) is 1.21. The summed E-state index contributed by atoms with van der Waals surface area (Å²) in [6.07, 6.45) is 0. The van der Waals surface area contributed by atoms with Crippen molar-refractivity contribution >= 4 is 31.9 Å². The van der Waals surface area contributed by atoms with Crippen molar-refractivity contribution in [1.82, 2.24) is 4.72 Å². The summed E-state index contributed by atoms with van der Waals surface area (Å²) >= 11 is 2.73. The van der Waals surface area contributed by atoms with E-state index in [4.69, 9.17) is 5.73 Å². The monoisotopic (exact) mass is 328 g/mol. The molecule has 1 aromatic rings. The predicted octanol–water partition coefficient (Wildman–Crippen LogP) is 0.491. The van der Waals surface area contributed by atoms with Crippen LogP contribution in [0.3, 0.4) is 0 Å². The number of carbonyl (C=O) groups excluding carboxylic acids is 1. The lowest BCUT2D eigenvalue weighted by atomic mass is 10.3. The maximum Gasteiger partial charge on any atom is 0.245 e. The maximum atomic E-state index is 13.3. The quantitative estimate of drug-likeness (QED) is 0.843. The zero-order valence-corrected chi connectivity index (χ0v) is 10.6. The summed E-state index contributed by atoms with van der Waals surface area (Å²) in [4.78, 5) is 9.65. The van der Waals surface area contributed by atoms with E-state index in [9.17, 15) is 22.0 Å². The molecular formula is C8H7BrF2N2O3S. The fraction of sp³-hybridized carbons (Fsp3) is 0.125. The number of amides is 1. The van der Waals surface area contributed by atoms with Crippen LogP contribution in [0.25, 0.3) is 0 Å². The van der Waals surface area contributed by atoms with E-state index in [-0.39, 0.29) is 4.47 Å². The van der Waals surface area contributed by atoms with Crippen molar-refractivity contribution in [2.45, 2.75) is 4.90 Å². The normalized spacial score (nSPS) is 11.5. The van der Waals surface area contributed by atoms with Crippen LogP contribution < -0.4 is 10.5 Å². The number of hydrogen-bond donors (Lipinski definition) is 2. The van der Waals surface area contributed by atoms with Crippen molar-refractivity contribution in [3.05, 3.63) is 28.2 Å². The van der Waals surface area contributed by atoms with Gasteiger partial charge in [0.1, 0.15) is 16.5 Å². The van der Waals surface area contributed by atoms with Gasteiger partial charge >= 0.3 is 0 Å². The lowest BCUT2D eigenvalue weighted by molar-refractivity contribution is -0.116. The molecule has 0 aromatic heterocycles. The number of carbonyl (C=O) groups is 1. The van der Waals surface area contributed by atoms with Crippen LogP contribution in [-0.4, -0.2) is 20.9 Å². The topological polar surface area (TPSA) is 89.3 Å². The lowest BCUT2D eigenvalue weighted by Crippen LogP contribution is -2.34. The smallest absolute Gasteiger partial charge is 0.245 e. The molecule has 0 spiro atoms. The van der Waals surface area contributed by atoms with Crippen LogP contribution in [0.5, 0.6) is 0 Å². The van der Waals surface area contributed by atoms with Crippen molar-refractivity contribution < 1.29 is 22.0 Å². The maximum absolute atomic E-state index is 13.3. The van der Waals surface area contributed by atoms with E-state index in [1.54, 1.807) is 4.72 Å². The van der Waals surface area contributed by atoms with Gasteiger partial charge in [0.15, 0.2) is 0 Å². The number of nitrogens with two attached hydrogens (primary N) is 1. The highest BCUT2D eigenvalue weighted by molar-refractivity contribution is 9.10. The van der Waals surface area contributed by atoms with Crippen LogP contribution >= 0.6 is 15.9 Å². The first-order chi connectivity index (χ1) is 7.74.